The van der Waals surface area contributed by atoms with Crippen LogP contribution in [-0.2, 0) is 6.54 Å². The Hall–Kier alpha value is -0.810. The van der Waals surface area contributed by atoms with Gasteiger partial charge in [0.2, 0.25) is 0 Å². The third-order valence-electron chi connectivity index (χ3n) is 4.54. The molecule has 0 aromatic carbocycles. The minimum absolute atomic E-state index is 0.111. The zero-order valence-electron chi connectivity index (χ0n) is 13.0. The topological polar surface area (TPSA) is 51.3 Å². The number of hydrogen-bond acceptors (Lipinski definition) is 2. The maximum absolute atomic E-state index is 12.9. The maximum Gasteiger partial charge on any atom is 0.270 e. The standard InChI is InChI=1S/C16H26BrN3O/c1-3-8-20-11-13(17)9-15(20)16(21)19(2)14-7-5-4-6-12(14)10-18/h9,11-12,14H,3-8,10,18H2,1-2H3. The SMILES string of the molecule is CCCn1cc(Br)cc1C(=O)N(C)C1CCCCC1CN. The number of aryl methyl sites for hydroxylation is 1. The largest absolute Gasteiger partial charge is 0.342 e. The number of nitrogens with two attached hydrogens (primary N) is 1. The molecule has 1 saturated carbocycles. The lowest BCUT2D eigenvalue weighted by Gasteiger charge is -2.37. The van der Waals surface area contributed by atoms with E-state index in [4.69, 9.17) is 5.73 Å². The van der Waals surface area contributed by atoms with Crippen LogP contribution in [0.3, 0.4) is 0 Å². The van der Waals surface area contributed by atoms with Crippen molar-refractivity contribution in [3.63, 3.8) is 0 Å². The molecule has 4 nitrogen and oxygen atoms in total. The van der Waals surface area contributed by atoms with Crippen LogP contribution < -0.4 is 5.73 Å². The van der Waals surface area contributed by atoms with Gasteiger partial charge in [0, 0.05) is 30.3 Å². The smallest absolute Gasteiger partial charge is 0.270 e. The Morgan fingerprint density at radius 1 is 1.48 bits per heavy atom. The van der Waals surface area contributed by atoms with E-state index in [9.17, 15) is 4.79 Å². The number of halogens is 1. The van der Waals surface area contributed by atoms with Crippen molar-refractivity contribution in [1.29, 1.82) is 0 Å². The van der Waals surface area contributed by atoms with Gasteiger partial charge in [-0.2, -0.15) is 0 Å². The summed E-state index contributed by atoms with van der Waals surface area (Å²) in [5, 5.41) is 0. The van der Waals surface area contributed by atoms with Gasteiger partial charge in [0.05, 0.1) is 0 Å². The lowest BCUT2D eigenvalue weighted by atomic mass is 9.83. The van der Waals surface area contributed by atoms with Gasteiger partial charge in [-0.1, -0.05) is 19.8 Å². The summed E-state index contributed by atoms with van der Waals surface area (Å²) in [6, 6.07) is 2.20. The Bertz CT molecular complexity index is 486. The van der Waals surface area contributed by atoms with Crippen LogP contribution in [-0.4, -0.2) is 35.0 Å². The highest BCUT2D eigenvalue weighted by molar-refractivity contribution is 9.10. The molecule has 1 amide bonds. The summed E-state index contributed by atoms with van der Waals surface area (Å²) in [6.45, 7) is 3.66. The lowest BCUT2D eigenvalue weighted by molar-refractivity contribution is 0.0609. The monoisotopic (exact) mass is 355 g/mol. The predicted molar refractivity (Wildman–Crippen MR) is 89.3 cm³/mol. The summed E-state index contributed by atoms with van der Waals surface area (Å²) in [4.78, 5) is 14.8. The van der Waals surface area contributed by atoms with Gasteiger partial charge in [-0.3, -0.25) is 4.79 Å². The molecule has 2 unspecified atom stereocenters. The average Bonchev–Trinajstić information content (AvgIpc) is 2.86. The molecule has 0 bridgehead atoms. The van der Waals surface area contributed by atoms with Gasteiger partial charge in [-0.05, 0) is 53.7 Å². The van der Waals surface area contributed by atoms with Gasteiger partial charge in [0.1, 0.15) is 5.69 Å². The van der Waals surface area contributed by atoms with Crippen molar-refractivity contribution in [2.75, 3.05) is 13.6 Å². The predicted octanol–water partition coefficient (Wildman–Crippen LogP) is 3.25. The second kappa shape index (κ2) is 7.45. The van der Waals surface area contributed by atoms with E-state index >= 15 is 0 Å². The molecular weight excluding hydrogens is 330 g/mol. The van der Waals surface area contributed by atoms with E-state index in [1.165, 1.54) is 12.8 Å². The van der Waals surface area contributed by atoms with E-state index in [0.29, 0.717) is 12.5 Å². The van der Waals surface area contributed by atoms with Crippen molar-refractivity contribution in [1.82, 2.24) is 9.47 Å². The summed E-state index contributed by atoms with van der Waals surface area (Å²) >= 11 is 3.48. The molecular formula is C16H26BrN3O. The number of carbonyl (C=O) groups excluding carboxylic acids is 1. The first-order chi connectivity index (χ1) is 10.1. The highest BCUT2D eigenvalue weighted by Crippen LogP contribution is 2.28. The molecule has 1 aromatic heterocycles. The molecule has 0 aliphatic heterocycles. The van der Waals surface area contributed by atoms with Crippen LogP contribution in [0, 0.1) is 5.92 Å². The van der Waals surface area contributed by atoms with Crippen molar-refractivity contribution < 1.29 is 4.79 Å². The molecule has 0 spiro atoms. The molecule has 2 atom stereocenters. The van der Waals surface area contributed by atoms with E-state index in [1.807, 2.05) is 28.8 Å². The fourth-order valence-corrected chi connectivity index (χ4v) is 3.85. The molecule has 21 heavy (non-hydrogen) atoms. The van der Waals surface area contributed by atoms with Gasteiger partial charge in [-0.15, -0.1) is 0 Å². The van der Waals surface area contributed by atoms with E-state index in [1.54, 1.807) is 0 Å². The summed E-state index contributed by atoms with van der Waals surface area (Å²) in [7, 11) is 1.93. The zero-order valence-corrected chi connectivity index (χ0v) is 14.6. The van der Waals surface area contributed by atoms with Crippen LogP contribution in [0.5, 0.6) is 0 Å². The Labute approximate surface area is 135 Å². The van der Waals surface area contributed by atoms with Gasteiger partial charge in [-0.25, -0.2) is 0 Å². The van der Waals surface area contributed by atoms with Crippen LogP contribution in [0.1, 0.15) is 49.5 Å². The van der Waals surface area contributed by atoms with Crippen LogP contribution in [0.15, 0.2) is 16.7 Å². The quantitative estimate of drug-likeness (QED) is 0.881. The summed E-state index contributed by atoms with van der Waals surface area (Å²) in [6.07, 6.45) is 7.64. The fraction of sp³-hybridized carbons (Fsp3) is 0.688. The van der Waals surface area contributed by atoms with Crippen LogP contribution in [0.2, 0.25) is 0 Å². The van der Waals surface area contributed by atoms with Crippen molar-refractivity contribution >= 4 is 21.8 Å². The van der Waals surface area contributed by atoms with E-state index in [2.05, 4.69) is 22.9 Å². The average molecular weight is 356 g/mol. The number of amides is 1. The number of aromatic nitrogens is 1. The fourth-order valence-electron chi connectivity index (χ4n) is 3.38. The zero-order chi connectivity index (χ0) is 15.4. The highest BCUT2D eigenvalue weighted by atomic mass is 79.9. The van der Waals surface area contributed by atoms with Gasteiger partial charge < -0.3 is 15.2 Å². The minimum Gasteiger partial charge on any atom is -0.342 e. The van der Waals surface area contributed by atoms with Crippen molar-refractivity contribution in [2.45, 2.75) is 51.6 Å². The lowest BCUT2D eigenvalue weighted by Crippen LogP contribution is -2.46. The van der Waals surface area contributed by atoms with E-state index in [0.717, 1.165) is 36.0 Å². The molecule has 1 aliphatic rings. The molecule has 0 saturated heterocycles. The van der Waals surface area contributed by atoms with Crippen LogP contribution in [0.4, 0.5) is 0 Å². The van der Waals surface area contributed by atoms with Crippen molar-refractivity contribution in [2.24, 2.45) is 11.7 Å². The molecule has 1 aromatic rings. The first-order valence-corrected chi connectivity index (χ1v) is 8.70. The number of rotatable bonds is 5. The Kier molecular flexibility index (Phi) is 5.88. The maximum atomic E-state index is 12.9. The van der Waals surface area contributed by atoms with Crippen molar-refractivity contribution in [3.8, 4) is 0 Å². The number of hydrogen-bond donors (Lipinski definition) is 1. The second-order valence-electron chi connectivity index (χ2n) is 6.00. The summed E-state index contributed by atoms with van der Waals surface area (Å²) in [5.74, 6) is 0.547. The number of nitrogens with zero attached hydrogens (tertiary/aromatic N) is 2. The summed E-state index contributed by atoms with van der Waals surface area (Å²) < 4.78 is 3.01. The normalized spacial score (nSPS) is 22.3. The van der Waals surface area contributed by atoms with Gasteiger partial charge >= 0.3 is 0 Å². The third-order valence-corrected chi connectivity index (χ3v) is 4.97. The molecule has 5 heteroatoms. The van der Waals surface area contributed by atoms with Gasteiger partial charge in [0.15, 0.2) is 0 Å². The van der Waals surface area contributed by atoms with E-state index < -0.39 is 0 Å². The van der Waals surface area contributed by atoms with Gasteiger partial charge in [0.25, 0.3) is 5.91 Å². The second-order valence-corrected chi connectivity index (χ2v) is 6.92. The molecule has 118 valence electrons. The van der Waals surface area contributed by atoms with Crippen molar-refractivity contribution in [3.05, 3.63) is 22.4 Å². The molecule has 2 rings (SSSR count). The van der Waals surface area contributed by atoms with E-state index in [-0.39, 0.29) is 11.9 Å². The third kappa shape index (κ3) is 3.69. The van der Waals surface area contributed by atoms with Crippen LogP contribution >= 0.6 is 15.9 Å². The molecule has 0 radical (unpaired) electrons. The number of carbonyl (C=O) groups is 1. The molecule has 1 aliphatic carbocycles. The Morgan fingerprint density at radius 2 is 2.19 bits per heavy atom. The Morgan fingerprint density at radius 3 is 2.86 bits per heavy atom. The molecule has 1 fully saturated rings. The first kappa shape index (κ1) is 16.6. The summed E-state index contributed by atoms with van der Waals surface area (Å²) in [5.41, 5.74) is 6.67. The minimum atomic E-state index is 0.111. The first-order valence-electron chi connectivity index (χ1n) is 7.91. The highest BCUT2D eigenvalue weighted by Gasteiger charge is 2.31. The molecule has 2 N–H and O–H groups in total. The Balaban J connectivity index is 2.18. The molecule has 1 heterocycles. The van der Waals surface area contributed by atoms with Crippen LogP contribution in [0.25, 0.3) is 0 Å².